The molecule has 0 spiro atoms. The lowest BCUT2D eigenvalue weighted by Crippen LogP contribution is -2.17. The molecule has 6 heteroatoms. The molecule has 1 heterocycles. The van der Waals surface area contributed by atoms with E-state index in [1.54, 1.807) is 24.3 Å². The molecule has 106 valence electrons. The van der Waals surface area contributed by atoms with Crippen LogP contribution in [-0.4, -0.2) is 25.2 Å². The highest BCUT2D eigenvalue weighted by Crippen LogP contribution is 2.25. The van der Waals surface area contributed by atoms with E-state index in [1.165, 1.54) is 20.3 Å². The van der Waals surface area contributed by atoms with E-state index < -0.39 is 11.5 Å². The van der Waals surface area contributed by atoms with Gasteiger partial charge in [0.25, 0.3) is 5.56 Å². The van der Waals surface area contributed by atoms with Crippen LogP contribution in [0.15, 0.2) is 35.1 Å². The Morgan fingerprint density at radius 2 is 2.05 bits per heavy atom. The summed E-state index contributed by atoms with van der Waals surface area (Å²) >= 11 is 0. The monoisotopic (exact) mass is 284 g/mol. The summed E-state index contributed by atoms with van der Waals surface area (Å²) in [7, 11) is 2.73. The van der Waals surface area contributed by atoms with Crippen molar-refractivity contribution in [2.45, 2.75) is 0 Å². The predicted molar refractivity (Wildman–Crippen MR) is 75.1 cm³/mol. The van der Waals surface area contributed by atoms with E-state index in [0.29, 0.717) is 16.9 Å². The Hall–Kier alpha value is -3.07. The van der Waals surface area contributed by atoms with Gasteiger partial charge in [0.2, 0.25) is 0 Å². The van der Waals surface area contributed by atoms with E-state index >= 15 is 0 Å². The molecule has 0 atom stereocenters. The molecular weight excluding hydrogens is 272 g/mol. The quantitative estimate of drug-likeness (QED) is 0.866. The normalized spacial score (nSPS) is 9.76. The molecule has 0 aliphatic heterocycles. The number of esters is 1. The first-order chi connectivity index (χ1) is 10.1. The summed E-state index contributed by atoms with van der Waals surface area (Å²) in [5.74, 6) is -0.1000. The van der Waals surface area contributed by atoms with Gasteiger partial charge in [0, 0.05) is 5.56 Å². The standard InChI is InChI=1S/C15H12N2O4/c1-20-10-5-3-4-9(6-10)11-7-13(15(19)21-2)17-14(18)12(11)8-16/h3-7H,1-2H3,(H,17,18). The maximum atomic E-state index is 11.9. The summed E-state index contributed by atoms with van der Waals surface area (Å²) in [6, 6.07) is 10.1. The summed E-state index contributed by atoms with van der Waals surface area (Å²) < 4.78 is 9.70. The average Bonchev–Trinajstić information content (AvgIpc) is 2.53. The van der Waals surface area contributed by atoms with Crippen LogP contribution in [-0.2, 0) is 4.74 Å². The van der Waals surface area contributed by atoms with Crippen molar-refractivity contribution in [1.82, 2.24) is 4.98 Å². The first kappa shape index (κ1) is 14.3. The van der Waals surface area contributed by atoms with Gasteiger partial charge in [-0.1, -0.05) is 12.1 Å². The minimum absolute atomic E-state index is 0.0145. The lowest BCUT2D eigenvalue weighted by Gasteiger charge is -2.08. The van der Waals surface area contributed by atoms with Gasteiger partial charge in [-0.2, -0.15) is 5.26 Å². The van der Waals surface area contributed by atoms with Crippen LogP contribution in [0.2, 0.25) is 0 Å². The molecule has 0 aliphatic rings. The Kier molecular flexibility index (Phi) is 4.05. The molecule has 1 aromatic heterocycles. The molecule has 0 unspecified atom stereocenters. The fourth-order valence-electron chi connectivity index (χ4n) is 1.91. The summed E-state index contributed by atoms with van der Waals surface area (Å²) in [6.45, 7) is 0. The van der Waals surface area contributed by atoms with Gasteiger partial charge in [0.1, 0.15) is 23.1 Å². The number of methoxy groups -OCH3 is 2. The van der Waals surface area contributed by atoms with Gasteiger partial charge < -0.3 is 14.5 Å². The molecule has 2 rings (SSSR count). The second-order valence-corrected chi connectivity index (χ2v) is 4.14. The van der Waals surface area contributed by atoms with Crippen molar-refractivity contribution in [2.75, 3.05) is 14.2 Å². The van der Waals surface area contributed by atoms with Crippen molar-refractivity contribution < 1.29 is 14.3 Å². The number of nitrogens with zero attached hydrogens (tertiary/aromatic N) is 1. The zero-order valence-corrected chi connectivity index (χ0v) is 11.5. The highest BCUT2D eigenvalue weighted by molar-refractivity contribution is 5.89. The molecule has 21 heavy (non-hydrogen) atoms. The van der Waals surface area contributed by atoms with Crippen LogP contribution in [0, 0.1) is 11.3 Å². The van der Waals surface area contributed by atoms with Crippen LogP contribution < -0.4 is 10.3 Å². The van der Waals surface area contributed by atoms with Crippen molar-refractivity contribution in [1.29, 1.82) is 5.26 Å². The average molecular weight is 284 g/mol. The maximum absolute atomic E-state index is 11.9. The Morgan fingerprint density at radius 3 is 2.67 bits per heavy atom. The van der Waals surface area contributed by atoms with Crippen molar-refractivity contribution >= 4 is 5.97 Å². The minimum atomic E-state index is -0.680. The first-order valence-corrected chi connectivity index (χ1v) is 6.01. The van der Waals surface area contributed by atoms with Crippen molar-refractivity contribution in [2.24, 2.45) is 0 Å². The molecule has 6 nitrogen and oxygen atoms in total. The summed E-state index contributed by atoms with van der Waals surface area (Å²) in [5, 5.41) is 9.16. The summed E-state index contributed by atoms with van der Waals surface area (Å²) in [4.78, 5) is 25.8. The van der Waals surface area contributed by atoms with Gasteiger partial charge in [-0.05, 0) is 23.8 Å². The Morgan fingerprint density at radius 1 is 1.29 bits per heavy atom. The number of H-pyrrole nitrogens is 1. The van der Waals surface area contributed by atoms with Crippen LogP contribution in [0.1, 0.15) is 16.1 Å². The van der Waals surface area contributed by atoms with E-state index in [1.807, 2.05) is 6.07 Å². The molecule has 0 amide bonds. The van der Waals surface area contributed by atoms with Crippen LogP contribution in [0.3, 0.4) is 0 Å². The van der Waals surface area contributed by atoms with E-state index in [4.69, 9.17) is 10.00 Å². The van der Waals surface area contributed by atoms with Crippen LogP contribution in [0.4, 0.5) is 0 Å². The Balaban J connectivity index is 2.71. The SMILES string of the molecule is COC(=O)c1cc(-c2cccc(OC)c2)c(C#N)c(=O)[nH]1. The number of pyridine rings is 1. The van der Waals surface area contributed by atoms with Gasteiger partial charge in [-0.25, -0.2) is 4.79 Å². The Labute approximate surface area is 120 Å². The van der Waals surface area contributed by atoms with Crippen LogP contribution in [0.25, 0.3) is 11.1 Å². The number of rotatable bonds is 3. The number of hydrogen-bond donors (Lipinski definition) is 1. The first-order valence-electron chi connectivity index (χ1n) is 6.01. The van der Waals surface area contributed by atoms with Crippen molar-refractivity contribution in [3.63, 3.8) is 0 Å². The van der Waals surface area contributed by atoms with Gasteiger partial charge in [-0.15, -0.1) is 0 Å². The molecule has 0 fully saturated rings. The zero-order valence-electron chi connectivity index (χ0n) is 11.5. The van der Waals surface area contributed by atoms with Gasteiger partial charge >= 0.3 is 5.97 Å². The molecule has 2 aromatic rings. The number of hydrogen-bond acceptors (Lipinski definition) is 5. The largest absolute Gasteiger partial charge is 0.497 e. The van der Waals surface area contributed by atoms with Crippen molar-refractivity contribution in [3.05, 3.63) is 51.9 Å². The molecule has 0 saturated heterocycles. The smallest absolute Gasteiger partial charge is 0.354 e. The highest BCUT2D eigenvalue weighted by Gasteiger charge is 2.15. The molecule has 1 aromatic carbocycles. The Bertz CT molecular complexity index is 787. The van der Waals surface area contributed by atoms with Gasteiger partial charge in [-0.3, -0.25) is 4.79 Å². The fraction of sp³-hybridized carbons (Fsp3) is 0.133. The van der Waals surface area contributed by atoms with E-state index in [-0.39, 0.29) is 11.3 Å². The number of benzene rings is 1. The van der Waals surface area contributed by atoms with Crippen LogP contribution in [0.5, 0.6) is 5.75 Å². The third kappa shape index (κ3) is 2.77. The second-order valence-electron chi connectivity index (χ2n) is 4.14. The number of nitriles is 1. The molecule has 1 N–H and O–H groups in total. The number of aromatic amines is 1. The zero-order chi connectivity index (χ0) is 15.4. The molecular formula is C15H12N2O4. The van der Waals surface area contributed by atoms with Gasteiger partial charge in [0.15, 0.2) is 0 Å². The number of carbonyl (C=O) groups is 1. The molecule has 0 aliphatic carbocycles. The number of ether oxygens (including phenoxy) is 2. The number of carbonyl (C=O) groups excluding carboxylic acids is 1. The molecule has 0 bridgehead atoms. The van der Waals surface area contributed by atoms with Gasteiger partial charge in [0.05, 0.1) is 14.2 Å². The fourth-order valence-corrected chi connectivity index (χ4v) is 1.91. The summed E-state index contributed by atoms with van der Waals surface area (Å²) in [6.07, 6.45) is 0. The van der Waals surface area contributed by atoms with E-state index in [2.05, 4.69) is 9.72 Å². The third-order valence-corrected chi connectivity index (χ3v) is 2.93. The highest BCUT2D eigenvalue weighted by atomic mass is 16.5. The molecule has 0 radical (unpaired) electrons. The number of nitrogens with one attached hydrogen (secondary N) is 1. The lowest BCUT2D eigenvalue weighted by molar-refractivity contribution is 0.0594. The predicted octanol–water partition coefficient (Wildman–Crippen LogP) is 1.71. The topological polar surface area (TPSA) is 92.2 Å². The van der Waals surface area contributed by atoms with E-state index in [0.717, 1.165) is 0 Å². The minimum Gasteiger partial charge on any atom is -0.497 e. The van der Waals surface area contributed by atoms with E-state index in [9.17, 15) is 9.59 Å². The number of aromatic nitrogens is 1. The molecule has 0 saturated carbocycles. The maximum Gasteiger partial charge on any atom is 0.354 e. The third-order valence-electron chi connectivity index (χ3n) is 2.93. The lowest BCUT2D eigenvalue weighted by atomic mass is 10.0. The second kappa shape index (κ2) is 5.92. The summed E-state index contributed by atoms with van der Waals surface area (Å²) in [5.41, 5.74) is 0.219. The van der Waals surface area contributed by atoms with Crippen LogP contribution >= 0.6 is 0 Å². The van der Waals surface area contributed by atoms with Crippen molar-refractivity contribution in [3.8, 4) is 22.9 Å².